The van der Waals surface area contributed by atoms with E-state index in [1.807, 2.05) is 0 Å². The van der Waals surface area contributed by atoms with Gasteiger partial charge in [-0.25, -0.2) is 12.8 Å². The smallest absolute Gasteiger partial charge is 0.178 e. The lowest BCUT2D eigenvalue weighted by molar-refractivity contribution is 0.455. The zero-order valence-electron chi connectivity index (χ0n) is 9.07. The molecular formula is C10H14FNO3S. The van der Waals surface area contributed by atoms with Gasteiger partial charge in [-0.3, -0.25) is 0 Å². The topological polar surface area (TPSA) is 80.4 Å². The van der Waals surface area contributed by atoms with Crippen molar-refractivity contribution >= 4 is 9.84 Å². The Hall–Kier alpha value is -1.14. The Morgan fingerprint density at radius 3 is 2.50 bits per heavy atom. The fourth-order valence-corrected chi connectivity index (χ4v) is 2.10. The van der Waals surface area contributed by atoms with Crippen LogP contribution in [0.1, 0.15) is 18.4 Å². The molecule has 4 nitrogen and oxygen atoms in total. The second-order valence-corrected chi connectivity index (χ2v) is 5.73. The SMILES string of the molecule is CC(CN)c1cc(F)c(S(C)(=O)=O)cc1O. The Kier molecular flexibility index (Phi) is 3.54. The van der Waals surface area contributed by atoms with Crippen molar-refractivity contribution in [2.24, 2.45) is 5.73 Å². The second-order valence-electron chi connectivity index (χ2n) is 3.75. The minimum Gasteiger partial charge on any atom is -0.508 e. The van der Waals surface area contributed by atoms with Gasteiger partial charge in [-0.15, -0.1) is 0 Å². The van der Waals surface area contributed by atoms with Crippen molar-refractivity contribution in [2.75, 3.05) is 12.8 Å². The molecule has 1 rings (SSSR count). The quantitative estimate of drug-likeness (QED) is 0.835. The number of nitrogens with two attached hydrogens (primary N) is 1. The van der Waals surface area contributed by atoms with Crippen LogP contribution < -0.4 is 5.73 Å². The molecule has 16 heavy (non-hydrogen) atoms. The first kappa shape index (κ1) is 12.9. The van der Waals surface area contributed by atoms with Crippen molar-refractivity contribution in [3.63, 3.8) is 0 Å². The van der Waals surface area contributed by atoms with Crippen LogP contribution in [0.15, 0.2) is 17.0 Å². The van der Waals surface area contributed by atoms with E-state index in [0.717, 1.165) is 18.4 Å². The molecule has 0 aliphatic heterocycles. The maximum absolute atomic E-state index is 13.5. The molecule has 0 radical (unpaired) electrons. The lowest BCUT2D eigenvalue weighted by Crippen LogP contribution is -2.10. The zero-order valence-corrected chi connectivity index (χ0v) is 9.88. The molecule has 1 atom stereocenters. The third-order valence-corrected chi connectivity index (χ3v) is 3.48. The highest BCUT2D eigenvalue weighted by atomic mass is 32.2. The van der Waals surface area contributed by atoms with Crippen LogP contribution in [0.3, 0.4) is 0 Å². The van der Waals surface area contributed by atoms with Crippen LogP contribution in [0.5, 0.6) is 5.75 Å². The van der Waals surface area contributed by atoms with Gasteiger partial charge in [0.25, 0.3) is 0 Å². The minimum absolute atomic E-state index is 0.233. The van der Waals surface area contributed by atoms with E-state index in [0.29, 0.717) is 5.56 Å². The molecular weight excluding hydrogens is 233 g/mol. The van der Waals surface area contributed by atoms with E-state index in [9.17, 15) is 17.9 Å². The Morgan fingerprint density at radius 1 is 1.50 bits per heavy atom. The largest absolute Gasteiger partial charge is 0.508 e. The van der Waals surface area contributed by atoms with Crippen LogP contribution in [-0.4, -0.2) is 26.3 Å². The van der Waals surface area contributed by atoms with Crippen LogP contribution in [0.4, 0.5) is 4.39 Å². The minimum atomic E-state index is -3.67. The van der Waals surface area contributed by atoms with Gasteiger partial charge < -0.3 is 10.8 Å². The molecule has 0 aliphatic rings. The maximum atomic E-state index is 13.5. The molecule has 1 aromatic carbocycles. The van der Waals surface area contributed by atoms with Crippen molar-refractivity contribution in [1.29, 1.82) is 0 Å². The first-order valence-corrected chi connectivity index (χ1v) is 6.59. The van der Waals surface area contributed by atoms with Crippen LogP contribution in [-0.2, 0) is 9.84 Å². The molecule has 0 bridgehead atoms. The Bertz CT molecular complexity index is 499. The van der Waals surface area contributed by atoms with Gasteiger partial charge in [-0.1, -0.05) is 6.92 Å². The highest BCUT2D eigenvalue weighted by Crippen LogP contribution is 2.29. The van der Waals surface area contributed by atoms with E-state index < -0.39 is 20.5 Å². The fraction of sp³-hybridized carbons (Fsp3) is 0.400. The van der Waals surface area contributed by atoms with E-state index >= 15 is 0 Å². The van der Waals surface area contributed by atoms with Crippen molar-refractivity contribution in [2.45, 2.75) is 17.7 Å². The summed E-state index contributed by atoms with van der Waals surface area (Å²) < 4.78 is 35.9. The summed E-state index contributed by atoms with van der Waals surface area (Å²) in [5, 5.41) is 9.59. The summed E-state index contributed by atoms with van der Waals surface area (Å²) in [5.41, 5.74) is 5.71. The van der Waals surface area contributed by atoms with Gasteiger partial charge in [0.15, 0.2) is 9.84 Å². The number of hydrogen-bond acceptors (Lipinski definition) is 4. The predicted octanol–water partition coefficient (Wildman–Crippen LogP) is 0.997. The number of hydrogen-bond donors (Lipinski definition) is 2. The first-order valence-electron chi connectivity index (χ1n) is 4.70. The monoisotopic (exact) mass is 247 g/mol. The molecule has 1 aromatic rings. The first-order chi connectivity index (χ1) is 7.27. The molecule has 0 heterocycles. The lowest BCUT2D eigenvalue weighted by Gasteiger charge is -2.12. The van der Waals surface area contributed by atoms with E-state index in [-0.39, 0.29) is 18.2 Å². The molecule has 6 heteroatoms. The Morgan fingerprint density at radius 2 is 2.06 bits per heavy atom. The number of phenolic OH excluding ortho intramolecular Hbond substituents is 1. The van der Waals surface area contributed by atoms with Crippen LogP contribution in [0.2, 0.25) is 0 Å². The molecule has 1 unspecified atom stereocenters. The average Bonchev–Trinajstić information content (AvgIpc) is 2.18. The maximum Gasteiger partial charge on any atom is 0.178 e. The summed E-state index contributed by atoms with van der Waals surface area (Å²) in [5.74, 6) is -1.35. The van der Waals surface area contributed by atoms with E-state index in [4.69, 9.17) is 5.73 Å². The summed E-state index contributed by atoms with van der Waals surface area (Å²) in [4.78, 5) is -0.502. The highest BCUT2D eigenvalue weighted by Gasteiger charge is 2.19. The number of rotatable bonds is 3. The van der Waals surface area contributed by atoms with Gasteiger partial charge >= 0.3 is 0 Å². The Labute approximate surface area is 93.8 Å². The van der Waals surface area contributed by atoms with Crippen LogP contribution in [0.25, 0.3) is 0 Å². The predicted molar refractivity (Wildman–Crippen MR) is 58.6 cm³/mol. The van der Waals surface area contributed by atoms with Gasteiger partial charge in [0.2, 0.25) is 0 Å². The standard InChI is InChI=1S/C10H14FNO3S/c1-6(5-12)7-3-8(11)10(4-9(7)13)16(2,14)15/h3-4,6,13H,5,12H2,1-2H3. The van der Waals surface area contributed by atoms with E-state index in [2.05, 4.69) is 0 Å². The molecule has 0 spiro atoms. The molecule has 0 saturated heterocycles. The van der Waals surface area contributed by atoms with E-state index in [1.165, 1.54) is 0 Å². The van der Waals surface area contributed by atoms with Crippen LogP contribution in [0, 0.1) is 5.82 Å². The summed E-state index contributed by atoms with van der Waals surface area (Å²) >= 11 is 0. The molecule has 0 aromatic heterocycles. The molecule has 0 amide bonds. The number of phenols is 1. The van der Waals surface area contributed by atoms with Crippen molar-refractivity contribution < 1.29 is 17.9 Å². The van der Waals surface area contributed by atoms with Gasteiger partial charge in [-0.2, -0.15) is 0 Å². The number of halogens is 1. The van der Waals surface area contributed by atoms with Crippen molar-refractivity contribution in [3.8, 4) is 5.75 Å². The van der Waals surface area contributed by atoms with Crippen molar-refractivity contribution in [3.05, 3.63) is 23.5 Å². The highest BCUT2D eigenvalue weighted by molar-refractivity contribution is 7.90. The number of benzene rings is 1. The molecule has 0 aliphatic carbocycles. The van der Waals surface area contributed by atoms with Crippen molar-refractivity contribution in [1.82, 2.24) is 0 Å². The van der Waals surface area contributed by atoms with Gasteiger partial charge in [0, 0.05) is 17.9 Å². The molecule has 90 valence electrons. The summed E-state index contributed by atoms with van der Waals surface area (Å²) in [7, 11) is -3.67. The molecule has 0 saturated carbocycles. The number of aromatic hydroxyl groups is 1. The zero-order chi connectivity index (χ0) is 12.5. The third kappa shape index (κ3) is 2.51. The number of sulfone groups is 1. The second kappa shape index (κ2) is 4.39. The third-order valence-electron chi connectivity index (χ3n) is 2.37. The normalized spacial score (nSPS) is 13.8. The Balaban J connectivity index is 3.39. The fourth-order valence-electron chi connectivity index (χ4n) is 1.36. The van der Waals surface area contributed by atoms with Gasteiger partial charge in [0.1, 0.15) is 16.5 Å². The molecule has 0 fully saturated rings. The van der Waals surface area contributed by atoms with E-state index in [1.54, 1.807) is 6.92 Å². The van der Waals surface area contributed by atoms with Gasteiger partial charge in [-0.05, 0) is 18.5 Å². The van der Waals surface area contributed by atoms with Crippen LogP contribution >= 0.6 is 0 Å². The molecule has 3 N–H and O–H groups in total. The summed E-state index contributed by atoms with van der Waals surface area (Å²) in [6, 6.07) is 1.94. The van der Waals surface area contributed by atoms with Gasteiger partial charge in [0.05, 0.1) is 0 Å². The summed E-state index contributed by atoms with van der Waals surface area (Å²) in [6.07, 6.45) is 0.886. The average molecular weight is 247 g/mol. The lowest BCUT2D eigenvalue weighted by atomic mass is 10.0. The summed E-state index contributed by atoms with van der Waals surface area (Å²) in [6.45, 7) is 1.96.